The van der Waals surface area contributed by atoms with Gasteiger partial charge in [0.05, 0.1) is 19.1 Å². The van der Waals surface area contributed by atoms with Crippen LogP contribution in [0, 0.1) is 28.6 Å². The van der Waals surface area contributed by atoms with Crippen LogP contribution in [0.25, 0.3) is 0 Å². The standard InChI is InChI=1S/C29H42O4/c1-28(2,3)27(31)33-16-8-6-7-9-20-18-25(30)29(4)15-14-23-22-13-11-21(32-5)17-19(22)10-12-24(23)26(20)29/h11,13,17,20,23-24,26H,6-10,12,14-16,18H2,1-5H3/t20?,23?,24?,26?,29-/m1/s1. The number of hydrogen-bond acceptors (Lipinski definition) is 4. The summed E-state index contributed by atoms with van der Waals surface area (Å²) >= 11 is 0. The zero-order valence-electron chi connectivity index (χ0n) is 21.2. The Kier molecular flexibility index (Phi) is 6.94. The van der Waals surface area contributed by atoms with Gasteiger partial charge >= 0.3 is 5.97 Å². The van der Waals surface area contributed by atoms with Gasteiger partial charge in [-0.15, -0.1) is 0 Å². The van der Waals surface area contributed by atoms with Crippen molar-refractivity contribution in [2.24, 2.45) is 28.6 Å². The van der Waals surface area contributed by atoms with Gasteiger partial charge in [-0.05, 0) is 106 Å². The summed E-state index contributed by atoms with van der Waals surface area (Å²) in [7, 11) is 1.74. The van der Waals surface area contributed by atoms with E-state index in [0.717, 1.165) is 57.1 Å². The molecule has 0 bridgehead atoms. The van der Waals surface area contributed by atoms with Crippen LogP contribution >= 0.6 is 0 Å². The SMILES string of the molecule is COc1ccc2c(c1)CCC1C2CC[C@]2(C)C(=O)CC(CCCCCOC(=O)C(C)(C)C)C12. The highest BCUT2D eigenvalue weighted by atomic mass is 16.5. The fraction of sp³-hybridized carbons (Fsp3) is 0.724. The lowest BCUT2D eigenvalue weighted by Crippen LogP contribution is -2.44. The van der Waals surface area contributed by atoms with Gasteiger partial charge in [0.25, 0.3) is 0 Å². The lowest BCUT2D eigenvalue weighted by atomic mass is 9.54. The molecule has 4 unspecified atom stereocenters. The van der Waals surface area contributed by atoms with E-state index < -0.39 is 5.41 Å². The maximum Gasteiger partial charge on any atom is 0.311 e. The Bertz CT molecular complexity index is 882. The molecule has 1 aromatic rings. The Morgan fingerprint density at radius 2 is 1.94 bits per heavy atom. The van der Waals surface area contributed by atoms with Crippen molar-refractivity contribution in [1.82, 2.24) is 0 Å². The van der Waals surface area contributed by atoms with Crippen LogP contribution in [0.3, 0.4) is 0 Å². The van der Waals surface area contributed by atoms with Gasteiger partial charge in [0.1, 0.15) is 11.5 Å². The summed E-state index contributed by atoms with van der Waals surface area (Å²) in [5.74, 6) is 3.57. The molecule has 3 aliphatic carbocycles. The Labute approximate surface area is 199 Å². The normalized spacial score (nSPS) is 30.9. The second-order valence-corrected chi connectivity index (χ2v) is 12.0. The molecule has 2 fully saturated rings. The van der Waals surface area contributed by atoms with Gasteiger partial charge < -0.3 is 9.47 Å². The average molecular weight is 455 g/mol. The lowest BCUT2D eigenvalue weighted by Gasteiger charge is -2.50. The van der Waals surface area contributed by atoms with E-state index in [2.05, 4.69) is 25.1 Å². The van der Waals surface area contributed by atoms with E-state index in [4.69, 9.17) is 9.47 Å². The van der Waals surface area contributed by atoms with Gasteiger partial charge in [0.2, 0.25) is 0 Å². The van der Waals surface area contributed by atoms with Crippen LogP contribution in [-0.4, -0.2) is 25.5 Å². The zero-order chi connectivity index (χ0) is 23.8. The number of Topliss-reactive ketones (excluding diaryl/α,β-unsaturated/α-hetero) is 1. The van der Waals surface area contributed by atoms with Gasteiger partial charge in [-0.25, -0.2) is 0 Å². The number of ether oxygens (including phenoxy) is 2. The molecule has 1 aromatic carbocycles. The molecule has 0 saturated heterocycles. The highest BCUT2D eigenvalue weighted by molar-refractivity contribution is 5.87. The molecule has 0 N–H and O–H groups in total. The third kappa shape index (κ3) is 4.72. The van der Waals surface area contributed by atoms with Crippen molar-refractivity contribution in [3.63, 3.8) is 0 Å². The molecule has 4 nitrogen and oxygen atoms in total. The summed E-state index contributed by atoms with van der Waals surface area (Å²) < 4.78 is 10.9. The molecule has 4 rings (SSSR count). The van der Waals surface area contributed by atoms with Crippen LogP contribution in [0.15, 0.2) is 18.2 Å². The predicted octanol–water partition coefficient (Wildman–Crippen LogP) is 6.50. The van der Waals surface area contributed by atoms with Crippen molar-refractivity contribution < 1.29 is 19.1 Å². The summed E-state index contributed by atoms with van der Waals surface area (Å²) in [6, 6.07) is 6.63. The number of hydrogen-bond donors (Lipinski definition) is 0. The minimum absolute atomic E-state index is 0.122. The van der Waals surface area contributed by atoms with E-state index in [1.54, 1.807) is 7.11 Å². The highest BCUT2D eigenvalue weighted by Gasteiger charge is 2.58. The van der Waals surface area contributed by atoms with Crippen molar-refractivity contribution in [1.29, 1.82) is 0 Å². The van der Waals surface area contributed by atoms with E-state index in [-0.39, 0.29) is 11.4 Å². The molecule has 0 amide bonds. The second-order valence-electron chi connectivity index (χ2n) is 12.0. The third-order valence-corrected chi connectivity index (χ3v) is 8.84. The van der Waals surface area contributed by atoms with E-state index in [0.29, 0.717) is 36.1 Å². The number of unbranched alkanes of at least 4 members (excludes halogenated alkanes) is 2. The average Bonchev–Trinajstić information content (AvgIpc) is 3.04. The number of rotatable bonds is 7. The molecule has 2 saturated carbocycles. The zero-order valence-corrected chi connectivity index (χ0v) is 21.2. The number of benzene rings is 1. The first-order valence-corrected chi connectivity index (χ1v) is 13.0. The summed E-state index contributed by atoms with van der Waals surface area (Å²) in [5, 5.41) is 0. The molecule has 4 heteroatoms. The number of esters is 1. The van der Waals surface area contributed by atoms with Crippen molar-refractivity contribution in [2.45, 2.75) is 91.4 Å². The lowest BCUT2D eigenvalue weighted by molar-refractivity contribution is -0.153. The maximum absolute atomic E-state index is 13.2. The fourth-order valence-corrected chi connectivity index (χ4v) is 7.08. The van der Waals surface area contributed by atoms with E-state index in [1.807, 2.05) is 20.8 Å². The first-order chi connectivity index (χ1) is 15.6. The largest absolute Gasteiger partial charge is 0.497 e. The molecule has 0 radical (unpaired) electrons. The van der Waals surface area contributed by atoms with Crippen molar-refractivity contribution >= 4 is 11.8 Å². The van der Waals surface area contributed by atoms with Crippen LogP contribution in [0.2, 0.25) is 0 Å². The predicted molar refractivity (Wildman–Crippen MR) is 130 cm³/mol. The Morgan fingerprint density at radius 3 is 2.67 bits per heavy atom. The van der Waals surface area contributed by atoms with Crippen LogP contribution < -0.4 is 4.74 Å². The van der Waals surface area contributed by atoms with Crippen LogP contribution in [-0.2, 0) is 20.7 Å². The van der Waals surface area contributed by atoms with Gasteiger partial charge in [0.15, 0.2) is 0 Å². The quantitative estimate of drug-likeness (QED) is 0.349. The van der Waals surface area contributed by atoms with Crippen LogP contribution in [0.1, 0.15) is 96.1 Å². The molecule has 5 atom stereocenters. The molecule has 0 aromatic heterocycles. The molecular formula is C29H42O4. The molecule has 33 heavy (non-hydrogen) atoms. The molecule has 3 aliphatic rings. The van der Waals surface area contributed by atoms with Gasteiger partial charge in [-0.1, -0.05) is 25.8 Å². The van der Waals surface area contributed by atoms with Crippen molar-refractivity contribution in [3.8, 4) is 5.75 Å². The number of fused-ring (bicyclic) bond motifs is 5. The monoisotopic (exact) mass is 454 g/mol. The van der Waals surface area contributed by atoms with Crippen molar-refractivity contribution in [3.05, 3.63) is 29.3 Å². The van der Waals surface area contributed by atoms with Crippen LogP contribution in [0.4, 0.5) is 0 Å². The fourth-order valence-electron chi connectivity index (χ4n) is 7.08. The molecule has 0 aliphatic heterocycles. The maximum atomic E-state index is 13.2. The second kappa shape index (κ2) is 9.43. The summed E-state index contributed by atoms with van der Waals surface area (Å²) in [4.78, 5) is 25.1. The minimum Gasteiger partial charge on any atom is -0.497 e. The number of ketones is 1. The summed E-state index contributed by atoms with van der Waals surface area (Å²) in [6.07, 6.45) is 9.42. The van der Waals surface area contributed by atoms with E-state index in [1.165, 1.54) is 17.5 Å². The number of carbonyl (C=O) groups excluding carboxylic acids is 2. The third-order valence-electron chi connectivity index (χ3n) is 8.84. The molecule has 0 heterocycles. The first kappa shape index (κ1) is 24.3. The van der Waals surface area contributed by atoms with E-state index in [9.17, 15) is 9.59 Å². The van der Waals surface area contributed by atoms with Crippen molar-refractivity contribution in [2.75, 3.05) is 13.7 Å². The van der Waals surface area contributed by atoms with Gasteiger partial charge in [-0.2, -0.15) is 0 Å². The highest BCUT2D eigenvalue weighted by Crippen LogP contribution is 2.62. The molecule has 182 valence electrons. The van der Waals surface area contributed by atoms with E-state index >= 15 is 0 Å². The smallest absolute Gasteiger partial charge is 0.311 e. The minimum atomic E-state index is -0.435. The Morgan fingerprint density at radius 1 is 1.15 bits per heavy atom. The van der Waals surface area contributed by atoms with Crippen LogP contribution in [0.5, 0.6) is 5.75 Å². The molecule has 0 spiro atoms. The van der Waals surface area contributed by atoms with Gasteiger partial charge in [-0.3, -0.25) is 9.59 Å². The molecular weight excluding hydrogens is 412 g/mol. The number of carbonyl (C=O) groups is 2. The van der Waals surface area contributed by atoms with Gasteiger partial charge in [0, 0.05) is 11.8 Å². The number of aryl methyl sites for hydroxylation is 1. The Balaban J connectivity index is 1.37. The first-order valence-electron chi connectivity index (χ1n) is 13.0. The topological polar surface area (TPSA) is 52.6 Å². The summed E-state index contributed by atoms with van der Waals surface area (Å²) in [6.45, 7) is 8.45. The number of methoxy groups -OCH3 is 1. The summed E-state index contributed by atoms with van der Waals surface area (Å²) in [5.41, 5.74) is 2.39. The Hall–Kier alpha value is -1.84.